The predicted molar refractivity (Wildman–Crippen MR) is 123 cm³/mol. The van der Waals surface area contributed by atoms with E-state index in [0.29, 0.717) is 23.7 Å². The number of fused-ring (bicyclic) bond motifs is 3. The Morgan fingerprint density at radius 3 is 2.42 bits per heavy atom. The second kappa shape index (κ2) is 7.75. The fourth-order valence-electron chi connectivity index (χ4n) is 4.14. The second-order valence-electron chi connectivity index (χ2n) is 7.65. The molecule has 5 rings (SSSR count). The van der Waals surface area contributed by atoms with Crippen molar-refractivity contribution < 1.29 is 0 Å². The molecule has 2 aromatic heterocycles. The molecular weight excluding hydrogens is 390 g/mol. The number of allylic oxidation sites excluding steroid dienone is 1. The Morgan fingerprint density at radius 2 is 1.68 bits per heavy atom. The van der Waals surface area contributed by atoms with E-state index in [1.807, 2.05) is 77.4 Å². The molecular formula is C24H23N5O2. The summed E-state index contributed by atoms with van der Waals surface area (Å²) in [5, 5.41) is 0. The Balaban J connectivity index is 1.61. The highest BCUT2D eigenvalue weighted by molar-refractivity contribution is 5.77. The maximum absolute atomic E-state index is 13.4. The van der Waals surface area contributed by atoms with Crippen molar-refractivity contribution in [2.75, 3.05) is 11.4 Å². The van der Waals surface area contributed by atoms with Crippen LogP contribution in [0.15, 0.2) is 76.3 Å². The molecule has 156 valence electrons. The Morgan fingerprint density at radius 1 is 0.968 bits per heavy atom. The van der Waals surface area contributed by atoms with Crippen LogP contribution < -0.4 is 16.1 Å². The van der Waals surface area contributed by atoms with Gasteiger partial charge in [-0.3, -0.25) is 13.9 Å². The minimum Gasteiger partial charge on any atom is -0.312 e. The molecule has 0 unspecified atom stereocenters. The number of para-hydroxylation sites is 1. The van der Waals surface area contributed by atoms with Gasteiger partial charge in [0.15, 0.2) is 11.2 Å². The smallest absolute Gasteiger partial charge is 0.312 e. The Labute approximate surface area is 179 Å². The minimum atomic E-state index is -0.364. The Bertz CT molecular complexity index is 1380. The van der Waals surface area contributed by atoms with E-state index in [9.17, 15) is 9.59 Å². The fourth-order valence-corrected chi connectivity index (χ4v) is 4.14. The zero-order chi connectivity index (χ0) is 21.4. The molecule has 0 N–H and O–H groups in total. The molecule has 7 heteroatoms. The maximum Gasteiger partial charge on any atom is 0.332 e. The van der Waals surface area contributed by atoms with Crippen molar-refractivity contribution in [1.29, 1.82) is 0 Å². The summed E-state index contributed by atoms with van der Waals surface area (Å²) in [7, 11) is 1.67. The second-order valence-corrected chi connectivity index (χ2v) is 7.65. The lowest BCUT2D eigenvalue weighted by Gasteiger charge is -2.28. The lowest BCUT2D eigenvalue weighted by atomic mass is 10.2. The number of nitrogens with zero attached hydrogens (tertiary/aromatic N) is 5. The topological polar surface area (TPSA) is 65.1 Å². The predicted octanol–water partition coefficient (Wildman–Crippen LogP) is 3.15. The Kier molecular flexibility index (Phi) is 4.78. The number of benzene rings is 2. The van der Waals surface area contributed by atoms with Crippen molar-refractivity contribution in [3.63, 3.8) is 0 Å². The van der Waals surface area contributed by atoms with Gasteiger partial charge in [-0.15, -0.1) is 0 Å². The standard InChI is InChI=1S/C24H23N5O2/c1-26-21-20(22(30)29(24(26)31)15-8-12-18-10-4-2-5-11-18)28-17-9-16-27(23(28)25-21)19-13-6-3-7-14-19/h2-8,10-14H,9,15-17H2,1H3/b12-8-. The number of imidazole rings is 1. The van der Waals surface area contributed by atoms with Gasteiger partial charge >= 0.3 is 5.69 Å². The summed E-state index contributed by atoms with van der Waals surface area (Å²) in [5.41, 5.74) is 2.28. The van der Waals surface area contributed by atoms with Crippen LogP contribution >= 0.6 is 0 Å². The molecule has 1 aliphatic rings. The first kappa shape index (κ1) is 19.1. The molecule has 0 fully saturated rings. The summed E-state index contributed by atoms with van der Waals surface area (Å²) in [6, 6.07) is 19.8. The van der Waals surface area contributed by atoms with Crippen LogP contribution in [0.4, 0.5) is 11.6 Å². The molecule has 0 saturated carbocycles. The quantitative estimate of drug-likeness (QED) is 0.516. The summed E-state index contributed by atoms with van der Waals surface area (Å²) in [5.74, 6) is 0.706. The zero-order valence-corrected chi connectivity index (χ0v) is 17.3. The summed E-state index contributed by atoms with van der Waals surface area (Å²) >= 11 is 0. The van der Waals surface area contributed by atoms with Crippen molar-refractivity contribution in [1.82, 2.24) is 18.7 Å². The monoisotopic (exact) mass is 413 g/mol. The lowest BCUT2D eigenvalue weighted by Crippen LogP contribution is -2.39. The van der Waals surface area contributed by atoms with Crippen LogP contribution in [0.25, 0.3) is 17.2 Å². The number of rotatable bonds is 4. The molecule has 0 atom stereocenters. The fraction of sp³-hybridized carbons (Fsp3) is 0.208. The van der Waals surface area contributed by atoms with Crippen LogP contribution in [0, 0.1) is 0 Å². The van der Waals surface area contributed by atoms with Gasteiger partial charge in [-0.05, 0) is 24.1 Å². The van der Waals surface area contributed by atoms with Gasteiger partial charge < -0.3 is 9.47 Å². The van der Waals surface area contributed by atoms with E-state index in [-0.39, 0.29) is 17.8 Å². The van der Waals surface area contributed by atoms with Crippen LogP contribution in [0.2, 0.25) is 0 Å². The van der Waals surface area contributed by atoms with Gasteiger partial charge in [0.1, 0.15) is 0 Å². The number of aryl methyl sites for hydroxylation is 2. The van der Waals surface area contributed by atoms with Gasteiger partial charge in [0.05, 0.1) is 0 Å². The van der Waals surface area contributed by atoms with Gasteiger partial charge in [0.2, 0.25) is 5.95 Å². The molecule has 3 heterocycles. The summed E-state index contributed by atoms with van der Waals surface area (Å²) in [6.07, 6.45) is 4.65. The third-order valence-corrected chi connectivity index (χ3v) is 5.68. The number of aromatic nitrogens is 4. The van der Waals surface area contributed by atoms with Crippen LogP contribution in [-0.2, 0) is 20.1 Å². The van der Waals surface area contributed by atoms with E-state index >= 15 is 0 Å². The first-order valence-electron chi connectivity index (χ1n) is 10.4. The molecule has 1 aliphatic heterocycles. The van der Waals surface area contributed by atoms with Crippen LogP contribution in [0.3, 0.4) is 0 Å². The molecule has 0 spiro atoms. The summed E-state index contributed by atoms with van der Waals surface area (Å²) in [4.78, 5) is 33.1. The minimum absolute atomic E-state index is 0.208. The highest BCUT2D eigenvalue weighted by atomic mass is 16.2. The molecule has 7 nitrogen and oxygen atoms in total. The highest BCUT2D eigenvalue weighted by Gasteiger charge is 2.26. The van der Waals surface area contributed by atoms with Gasteiger partial charge in [-0.2, -0.15) is 4.98 Å². The van der Waals surface area contributed by atoms with Crippen molar-refractivity contribution in [3.05, 3.63) is 93.1 Å². The van der Waals surface area contributed by atoms with Crippen molar-refractivity contribution in [2.45, 2.75) is 19.5 Å². The van der Waals surface area contributed by atoms with E-state index in [4.69, 9.17) is 4.98 Å². The molecule has 0 saturated heterocycles. The van der Waals surface area contributed by atoms with Crippen LogP contribution in [0.5, 0.6) is 0 Å². The third-order valence-electron chi connectivity index (χ3n) is 5.68. The Hall–Kier alpha value is -3.87. The van der Waals surface area contributed by atoms with Gasteiger partial charge in [0.25, 0.3) is 5.56 Å². The van der Waals surface area contributed by atoms with Crippen molar-refractivity contribution in [2.24, 2.45) is 7.05 Å². The van der Waals surface area contributed by atoms with Crippen LogP contribution in [-0.4, -0.2) is 25.2 Å². The largest absolute Gasteiger partial charge is 0.332 e. The molecule has 4 aromatic rings. The van der Waals surface area contributed by atoms with E-state index in [2.05, 4.69) is 4.90 Å². The van der Waals surface area contributed by atoms with E-state index < -0.39 is 0 Å². The molecule has 0 aliphatic carbocycles. The molecule has 2 aromatic carbocycles. The van der Waals surface area contributed by atoms with Crippen LogP contribution in [0.1, 0.15) is 12.0 Å². The van der Waals surface area contributed by atoms with E-state index in [1.165, 1.54) is 9.13 Å². The average Bonchev–Trinajstić information content (AvgIpc) is 3.21. The molecule has 31 heavy (non-hydrogen) atoms. The summed E-state index contributed by atoms with van der Waals surface area (Å²) in [6.45, 7) is 1.72. The highest BCUT2D eigenvalue weighted by Crippen LogP contribution is 2.30. The first-order valence-corrected chi connectivity index (χ1v) is 10.4. The molecule has 0 bridgehead atoms. The van der Waals surface area contributed by atoms with E-state index in [1.54, 1.807) is 7.05 Å². The average molecular weight is 413 g/mol. The first-order chi connectivity index (χ1) is 15.1. The third kappa shape index (κ3) is 3.28. The van der Waals surface area contributed by atoms with Gasteiger partial charge in [-0.1, -0.05) is 60.7 Å². The normalized spacial score (nSPS) is 13.8. The van der Waals surface area contributed by atoms with Crippen molar-refractivity contribution in [3.8, 4) is 0 Å². The zero-order valence-electron chi connectivity index (χ0n) is 17.3. The lowest BCUT2D eigenvalue weighted by molar-refractivity contribution is 0.598. The van der Waals surface area contributed by atoms with Crippen molar-refractivity contribution >= 4 is 28.9 Å². The molecule has 0 amide bonds. The SMILES string of the molecule is Cn1c(=O)n(C/C=C\c2ccccc2)c(=O)c2c1nc1n2CCCN1c1ccccc1. The van der Waals surface area contributed by atoms with Gasteiger partial charge in [-0.25, -0.2) is 4.79 Å². The molecule has 0 radical (unpaired) electrons. The van der Waals surface area contributed by atoms with E-state index in [0.717, 1.165) is 24.2 Å². The number of hydrogen-bond acceptors (Lipinski definition) is 4. The number of hydrogen-bond donors (Lipinski definition) is 0. The number of anilines is 2. The van der Waals surface area contributed by atoms with Gasteiger partial charge in [0, 0.05) is 32.4 Å². The summed E-state index contributed by atoms with van der Waals surface area (Å²) < 4.78 is 4.70. The maximum atomic E-state index is 13.4.